The van der Waals surface area contributed by atoms with Crippen molar-refractivity contribution in [1.82, 2.24) is 14.5 Å². The van der Waals surface area contributed by atoms with Gasteiger partial charge >= 0.3 is 0 Å². The van der Waals surface area contributed by atoms with Crippen LogP contribution in [0.15, 0.2) is 34.3 Å². The topological polar surface area (TPSA) is 91.3 Å². The summed E-state index contributed by atoms with van der Waals surface area (Å²) in [5.41, 5.74) is 0.707. The molecule has 3 aliphatic rings. The minimum atomic E-state index is -3.61. The van der Waals surface area contributed by atoms with Crippen LogP contribution < -0.4 is 5.32 Å². The number of benzene rings is 1. The fraction of sp³-hybridized carbons (Fsp3) is 0.636. The lowest BCUT2D eigenvalue weighted by molar-refractivity contribution is -0.114. The van der Waals surface area contributed by atoms with E-state index in [1.807, 2.05) is 12.1 Å². The van der Waals surface area contributed by atoms with Crippen LogP contribution in [0.2, 0.25) is 0 Å². The van der Waals surface area contributed by atoms with Crippen molar-refractivity contribution in [2.75, 3.05) is 39.3 Å². The number of oxime groups is 1. The molecule has 1 atom stereocenters. The molecule has 9 heteroatoms. The van der Waals surface area contributed by atoms with Crippen molar-refractivity contribution < 1.29 is 18.0 Å². The van der Waals surface area contributed by atoms with Crippen molar-refractivity contribution in [2.24, 2.45) is 5.16 Å². The molecule has 0 bridgehead atoms. The van der Waals surface area contributed by atoms with Crippen molar-refractivity contribution in [3.05, 3.63) is 29.8 Å². The quantitative estimate of drug-likeness (QED) is 0.688. The van der Waals surface area contributed by atoms with Crippen LogP contribution in [0.3, 0.4) is 0 Å². The standard InChI is InChI=1S/C22H32N4O4S/c1-17(2)18-5-7-19(8-6-18)31(28,29)26-13-9-22(16-26)15-20(24-30-22)21(27)23-10-14-25-11-3-4-12-25/h5-8,17H,3-4,9-16H2,1-2H3,(H,23,27)/t22-/m0/s1. The molecule has 0 radical (unpaired) electrons. The largest absolute Gasteiger partial charge is 0.387 e. The van der Waals surface area contributed by atoms with Crippen LogP contribution in [-0.4, -0.2) is 74.1 Å². The normalized spacial score (nSPS) is 24.7. The highest BCUT2D eigenvalue weighted by Gasteiger charge is 2.49. The monoisotopic (exact) mass is 448 g/mol. The van der Waals surface area contributed by atoms with E-state index in [-0.39, 0.29) is 17.3 Å². The molecule has 0 aromatic heterocycles. The second-order valence-electron chi connectivity index (χ2n) is 9.11. The Kier molecular flexibility index (Phi) is 6.37. The molecule has 1 aromatic rings. The summed E-state index contributed by atoms with van der Waals surface area (Å²) in [6, 6.07) is 7.06. The Morgan fingerprint density at radius 1 is 1.19 bits per heavy atom. The van der Waals surface area contributed by atoms with Gasteiger partial charge in [-0.25, -0.2) is 8.42 Å². The third-order valence-electron chi connectivity index (χ3n) is 6.48. The third kappa shape index (κ3) is 4.78. The number of likely N-dealkylation sites (tertiary alicyclic amines) is 1. The van der Waals surface area contributed by atoms with E-state index in [0.717, 1.165) is 25.2 Å². The van der Waals surface area contributed by atoms with Crippen LogP contribution in [0.5, 0.6) is 0 Å². The molecular weight excluding hydrogens is 416 g/mol. The molecule has 0 aliphatic carbocycles. The van der Waals surface area contributed by atoms with Crippen molar-refractivity contribution >= 4 is 21.6 Å². The number of carbonyl (C=O) groups excluding carboxylic acids is 1. The van der Waals surface area contributed by atoms with Gasteiger partial charge in [-0.05, 0) is 49.5 Å². The SMILES string of the molecule is CC(C)c1ccc(S(=O)(=O)N2CC[C@]3(CC(C(=O)NCCN4CCCC4)=NO3)C2)cc1. The van der Waals surface area contributed by atoms with Gasteiger partial charge in [-0.3, -0.25) is 4.79 Å². The first-order valence-electron chi connectivity index (χ1n) is 11.1. The first-order valence-corrected chi connectivity index (χ1v) is 12.6. The average Bonchev–Trinajstić information content (AvgIpc) is 3.50. The second-order valence-corrected chi connectivity index (χ2v) is 11.0. The molecule has 1 N–H and O–H groups in total. The van der Waals surface area contributed by atoms with Crippen LogP contribution in [0, 0.1) is 0 Å². The molecule has 170 valence electrons. The van der Waals surface area contributed by atoms with Gasteiger partial charge in [-0.15, -0.1) is 0 Å². The van der Waals surface area contributed by atoms with Gasteiger partial charge in [0.25, 0.3) is 5.91 Å². The lowest BCUT2D eigenvalue weighted by atomic mass is 9.96. The molecule has 3 heterocycles. The van der Waals surface area contributed by atoms with Gasteiger partial charge in [-0.2, -0.15) is 4.31 Å². The van der Waals surface area contributed by atoms with Crippen LogP contribution in [0.4, 0.5) is 0 Å². The van der Waals surface area contributed by atoms with Crippen LogP contribution in [0.25, 0.3) is 0 Å². The molecule has 1 spiro atoms. The highest BCUT2D eigenvalue weighted by Crippen LogP contribution is 2.36. The molecule has 2 saturated heterocycles. The number of hydrogen-bond donors (Lipinski definition) is 1. The first-order chi connectivity index (χ1) is 14.8. The van der Waals surface area contributed by atoms with E-state index in [2.05, 4.69) is 29.2 Å². The number of hydrogen-bond acceptors (Lipinski definition) is 6. The maximum Gasteiger partial charge on any atom is 0.269 e. The van der Waals surface area contributed by atoms with Gasteiger partial charge in [0.05, 0.1) is 11.4 Å². The van der Waals surface area contributed by atoms with Crippen LogP contribution in [0.1, 0.15) is 51.0 Å². The summed E-state index contributed by atoms with van der Waals surface area (Å²) in [6.45, 7) is 8.31. The number of amides is 1. The van der Waals surface area contributed by atoms with Crippen LogP contribution >= 0.6 is 0 Å². The van der Waals surface area contributed by atoms with Gasteiger partial charge in [-0.1, -0.05) is 31.1 Å². The lowest BCUT2D eigenvalue weighted by Crippen LogP contribution is -2.40. The minimum Gasteiger partial charge on any atom is -0.387 e. The maximum absolute atomic E-state index is 13.1. The number of rotatable bonds is 7. The Balaban J connectivity index is 1.32. The number of nitrogens with one attached hydrogen (secondary N) is 1. The van der Waals surface area contributed by atoms with Crippen molar-refractivity contribution in [2.45, 2.75) is 55.9 Å². The molecule has 31 heavy (non-hydrogen) atoms. The summed E-state index contributed by atoms with van der Waals surface area (Å²) in [6.07, 6.45) is 3.29. The molecular formula is C22H32N4O4S. The van der Waals surface area contributed by atoms with E-state index < -0.39 is 15.6 Å². The van der Waals surface area contributed by atoms with E-state index in [0.29, 0.717) is 37.6 Å². The molecule has 1 amide bonds. The second kappa shape index (κ2) is 8.88. The Morgan fingerprint density at radius 2 is 1.90 bits per heavy atom. The molecule has 8 nitrogen and oxygen atoms in total. The van der Waals surface area contributed by atoms with Gasteiger partial charge in [0.15, 0.2) is 5.60 Å². The Hall–Kier alpha value is -1.97. The third-order valence-corrected chi connectivity index (χ3v) is 8.34. The summed E-state index contributed by atoms with van der Waals surface area (Å²) in [7, 11) is -3.61. The molecule has 1 aromatic carbocycles. The predicted octanol–water partition coefficient (Wildman–Crippen LogP) is 1.93. The smallest absolute Gasteiger partial charge is 0.269 e. The highest BCUT2D eigenvalue weighted by atomic mass is 32.2. The fourth-order valence-corrected chi connectivity index (χ4v) is 6.00. The zero-order valence-electron chi connectivity index (χ0n) is 18.3. The lowest BCUT2D eigenvalue weighted by Gasteiger charge is -2.21. The van der Waals surface area contributed by atoms with Gasteiger partial charge in [0.2, 0.25) is 10.0 Å². The zero-order chi connectivity index (χ0) is 22.1. The first kappa shape index (κ1) is 22.2. The summed E-state index contributed by atoms with van der Waals surface area (Å²) in [5, 5.41) is 6.93. The zero-order valence-corrected chi connectivity index (χ0v) is 19.2. The Bertz CT molecular complexity index is 939. The number of carbonyl (C=O) groups is 1. The maximum atomic E-state index is 13.1. The minimum absolute atomic E-state index is 0.204. The van der Waals surface area contributed by atoms with Gasteiger partial charge < -0.3 is 15.1 Å². The van der Waals surface area contributed by atoms with Crippen molar-refractivity contribution in [3.63, 3.8) is 0 Å². The predicted molar refractivity (Wildman–Crippen MR) is 118 cm³/mol. The molecule has 2 fully saturated rings. The van der Waals surface area contributed by atoms with E-state index in [9.17, 15) is 13.2 Å². The van der Waals surface area contributed by atoms with E-state index >= 15 is 0 Å². The summed E-state index contributed by atoms with van der Waals surface area (Å²) in [4.78, 5) is 20.7. The van der Waals surface area contributed by atoms with Crippen molar-refractivity contribution in [1.29, 1.82) is 0 Å². The van der Waals surface area contributed by atoms with Crippen molar-refractivity contribution in [3.8, 4) is 0 Å². The van der Waals surface area contributed by atoms with E-state index in [4.69, 9.17) is 4.84 Å². The summed E-state index contributed by atoms with van der Waals surface area (Å²) < 4.78 is 27.6. The average molecular weight is 449 g/mol. The molecule has 4 rings (SSSR count). The van der Waals surface area contributed by atoms with Crippen LogP contribution in [-0.2, 0) is 19.7 Å². The molecule has 3 aliphatic heterocycles. The van der Waals surface area contributed by atoms with Gasteiger partial charge in [0, 0.05) is 32.5 Å². The fourth-order valence-electron chi connectivity index (χ4n) is 4.48. The summed E-state index contributed by atoms with van der Waals surface area (Å²) >= 11 is 0. The Labute approximate surface area is 184 Å². The van der Waals surface area contributed by atoms with E-state index in [1.54, 1.807) is 12.1 Å². The number of nitrogens with zero attached hydrogens (tertiary/aromatic N) is 3. The Morgan fingerprint density at radius 3 is 2.58 bits per heavy atom. The van der Waals surface area contributed by atoms with E-state index in [1.165, 1.54) is 17.1 Å². The highest BCUT2D eigenvalue weighted by molar-refractivity contribution is 7.89. The number of sulfonamides is 1. The molecule has 0 saturated carbocycles. The molecule has 0 unspecified atom stereocenters. The summed E-state index contributed by atoms with van der Waals surface area (Å²) in [5.74, 6) is 0.123. The van der Waals surface area contributed by atoms with Gasteiger partial charge in [0.1, 0.15) is 5.71 Å².